The van der Waals surface area contributed by atoms with Crippen LogP contribution in [0.5, 0.6) is 5.75 Å². The van der Waals surface area contributed by atoms with Crippen LogP contribution in [0.2, 0.25) is 0 Å². The lowest BCUT2D eigenvalue weighted by Crippen LogP contribution is -2.54. The summed E-state index contributed by atoms with van der Waals surface area (Å²) in [5.74, 6) is -2.40. The Labute approximate surface area is 191 Å². The number of carbonyl (C=O) groups excluding carboxylic acids is 3. The Kier molecular flexibility index (Phi) is 5.02. The second kappa shape index (κ2) is 7.67. The van der Waals surface area contributed by atoms with Gasteiger partial charge in [0.25, 0.3) is 0 Å². The predicted octanol–water partition coefficient (Wildman–Crippen LogP) is 1.56. The molecule has 3 heterocycles. The molecule has 0 aromatic heterocycles. The number of methoxy groups -OCH3 is 1. The number of para-hydroxylation sites is 2. The van der Waals surface area contributed by atoms with Gasteiger partial charge in [0.2, 0.25) is 17.7 Å². The molecule has 3 N–H and O–H groups in total. The summed E-state index contributed by atoms with van der Waals surface area (Å²) in [6.45, 7) is 3.61. The second-order valence-electron chi connectivity index (χ2n) is 8.94. The van der Waals surface area contributed by atoms with Crippen LogP contribution in [0.25, 0.3) is 0 Å². The Hall–Kier alpha value is -3.23. The van der Waals surface area contributed by atoms with Crippen molar-refractivity contribution in [2.24, 2.45) is 11.8 Å². The van der Waals surface area contributed by atoms with Gasteiger partial charge in [-0.25, -0.2) is 0 Å². The molecule has 2 aromatic carbocycles. The number of aryl methyl sites for hydroxylation is 1. The number of amides is 3. The highest BCUT2D eigenvalue weighted by Gasteiger charge is 2.71. The normalized spacial score (nSPS) is 28.8. The van der Waals surface area contributed by atoms with Crippen LogP contribution in [0.4, 0.5) is 5.69 Å². The maximum absolute atomic E-state index is 13.8. The molecule has 172 valence electrons. The van der Waals surface area contributed by atoms with Crippen molar-refractivity contribution in [1.82, 2.24) is 10.2 Å². The molecule has 0 aliphatic carbocycles. The Morgan fingerprint density at radius 1 is 1.09 bits per heavy atom. The summed E-state index contributed by atoms with van der Waals surface area (Å²) in [6, 6.07) is 12.1. The zero-order valence-corrected chi connectivity index (χ0v) is 18.8. The van der Waals surface area contributed by atoms with E-state index in [-0.39, 0.29) is 18.4 Å². The monoisotopic (exact) mass is 449 g/mol. The summed E-state index contributed by atoms with van der Waals surface area (Å²) in [5, 5.41) is 16.7. The first kappa shape index (κ1) is 21.6. The molecule has 0 radical (unpaired) electrons. The maximum Gasteiger partial charge on any atom is 0.250 e. The number of benzene rings is 2. The molecule has 5 atom stereocenters. The summed E-state index contributed by atoms with van der Waals surface area (Å²) < 4.78 is 5.40. The number of ether oxygens (including phenoxy) is 1. The molecule has 3 aliphatic heterocycles. The van der Waals surface area contributed by atoms with Crippen LogP contribution in [-0.4, -0.2) is 47.0 Å². The smallest absolute Gasteiger partial charge is 0.250 e. The number of carbonyl (C=O) groups is 3. The highest BCUT2D eigenvalue weighted by Crippen LogP contribution is 2.54. The molecular weight excluding hydrogens is 422 g/mol. The average Bonchev–Trinajstić information content (AvgIpc) is 3.40. The summed E-state index contributed by atoms with van der Waals surface area (Å²) in [7, 11) is 1.54. The molecule has 1 spiro atoms. The molecule has 0 bridgehead atoms. The molecule has 3 aliphatic rings. The minimum atomic E-state index is -1.41. The molecule has 2 saturated heterocycles. The van der Waals surface area contributed by atoms with Gasteiger partial charge in [-0.3, -0.25) is 24.6 Å². The first-order valence-electron chi connectivity index (χ1n) is 11.2. The van der Waals surface area contributed by atoms with E-state index in [4.69, 9.17) is 4.74 Å². The van der Waals surface area contributed by atoms with E-state index in [9.17, 15) is 19.5 Å². The lowest BCUT2D eigenvalue weighted by atomic mass is 9.76. The van der Waals surface area contributed by atoms with Crippen molar-refractivity contribution in [2.45, 2.75) is 44.5 Å². The van der Waals surface area contributed by atoms with Crippen molar-refractivity contribution in [3.05, 3.63) is 59.2 Å². The van der Waals surface area contributed by atoms with Crippen LogP contribution in [0.3, 0.4) is 0 Å². The Balaban J connectivity index is 1.62. The van der Waals surface area contributed by atoms with Gasteiger partial charge in [-0.2, -0.15) is 0 Å². The summed E-state index contributed by atoms with van der Waals surface area (Å²) in [4.78, 5) is 42.1. The summed E-state index contributed by atoms with van der Waals surface area (Å²) >= 11 is 0. The molecular formula is C25H27N3O5. The lowest BCUT2D eigenvalue weighted by Gasteiger charge is -2.30. The molecule has 2 aromatic rings. The van der Waals surface area contributed by atoms with Gasteiger partial charge in [0, 0.05) is 22.9 Å². The molecule has 5 rings (SSSR count). The van der Waals surface area contributed by atoms with E-state index in [1.54, 1.807) is 19.1 Å². The molecule has 2 fully saturated rings. The number of aliphatic hydroxyl groups is 1. The number of hydrogen-bond donors (Lipinski definition) is 3. The van der Waals surface area contributed by atoms with Crippen molar-refractivity contribution < 1.29 is 24.2 Å². The van der Waals surface area contributed by atoms with Crippen LogP contribution in [0.1, 0.15) is 30.5 Å². The van der Waals surface area contributed by atoms with Crippen LogP contribution < -0.4 is 15.4 Å². The Morgan fingerprint density at radius 2 is 1.82 bits per heavy atom. The molecule has 3 amide bonds. The third kappa shape index (κ3) is 2.87. The largest absolute Gasteiger partial charge is 0.496 e. The number of imide groups is 1. The zero-order valence-electron chi connectivity index (χ0n) is 18.8. The number of hydrogen-bond acceptors (Lipinski definition) is 6. The molecule has 8 nitrogen and oxygen atoms in total. The SMILES string of the molecule is CCc1cccc2c1NC(=O)[C@]21N[C@@H]([C@@H](C)O)[C@H]2C(=O)N(Cc3ccccc3OC)C(=O)[C@@H]21. The number of fused-ring (bicyclic) bond motifs is 4. The van der Waals surface area contributed by atoms with Crippen molar-refractivity contribution in [3.8, 4) is 5.75 Å². The molecule has 8 heteroatoms. The van der Waals surface area contributed by atoms with E-state index < -0.39 is 35.4 Å². The van der Waals surface area contributed by atoms with Crippen LogP contribution in [0, 0.1) is 11.8 Å². The predicted molar refractivity (Wildman–Crippen MR) is 120 cm³/mol. The number of anilines is 1. The lowest BCUT2D eigenvalue weighted by molar-refractivity contribution is -0.143. The van der Waals surface area contributed by atoms with Gasteiger partial charge in [-0.15, -0.1) is 0 Å². The van der Waals surface area contributed by atoms with Gasteiger partial charge in [-0.1, -0.05) is 43.3 Å². The highest BCUT2D eigenvalue weighted by molar-refractivity contribution is 6.15. The third-order valence-electron chi connectivity index (χ3n) is 7.28. The average molecular weight is 450 g/mol. The van der Waals surface area contributed by atoms with Gasteiger partial charge < -0.3 is 15.2 Å². The van der Waals surface area contributed by atoms with E-state index >= 15 is 0 Å². The fourth-order valence-electron chi connectivity index (χ4n) is 5.75. The van der Waals surface area contributed by atoms with E-state index in [0.717, 1.165) is 5.56 Å². The minimum absolute atomic E-state index is 0.0424. The summed E-state index contributed by atoms with van der Waals surface area (Å²) in [5.41, 5.74) is 1.59. The Bertz CT molecular complexity index is 1160. The van der Waals surface area contributed by atoms with Crippen LogP contribution in [-0.2, 0) is 32.9 Å². The Morgan fingerprint density at radius 3 is 2.52 bits per heavy atom. The van der Waals surface area contributed by atoms with Crippen LogP contribution in [0.15, 0.2) is 42.5 Å². The standard InChI is InChI=1S/C25H27N3O5/c1-4-14-9-7-10-16-21(14)26-24(32)25(16)19-18(20(27-25)13(2)29)22(30)28(23(19)31)12-15-8-5-6-11-17(15)33-3/h5-11,13,18-20,27,29H,4,12H2,1-3H3,(H,26,32)/t13-,18+,19-,20+,25+/m1/s1. The van der Waals surface area contributed by atoms with Crippen molar-refractivity contribution in [1.29, 1.82) is 0 Å². The van der Waals surface area contributed by atoms with Gasteiger partial charge in [0.1, 0.15) is 11.3 Å². The van der Waals surface area contributed by atoms with Crippen molar-refractivity contribution in [3.63, 3.8) is 0 Å². The number of nitrogens with one attached hydrogen (secondary N) is 2. The number of rotatable bonds is 5. The van der Waals surface area contributed by atoms with Gasteiger partial charge in [0.15, 0.2) is 0 Å². The van der Waals surface area contributed by atoms with Crippen molar-refractivity contribution >= 4 is 23.4 Å². The number of likely N-dealkylation sites (tertiary alicyclic amines) is 1. The van der Waals surface area contributed by atoms with Gasteiger partial charge in [0.05, 0.1) is 31.6 Å². The highest BCUT2D eigenvalue weighted by atomic mass is 16.5. The minimum Gasteiger partial charge on any atom is -0.496 e. The van der Waals surface area contributed by atoms with Crippen molar-refractivity contribution in [2.75, 3.05) is 12.4 Å². The fourth-order valence-corrected chi connectivity index (χ4v) is 5.75. The molecule has 33 heavy (non-hydrogen) atoms. The van der Waals surface area contributed by atoms with Gasteiger partial charge in [-0.05, 0) is 25.0 Å². The molecule has 0 saturated carbocycles. The molecule has 0 unspecified atom stereocenters. The first-order valence-corrected chi connectivity index (χ1v) is 11.2. The maximum atomic E-state index is 13.8. The van der Waals surface area contributed by atoms with Gasteiger partial charge >= 0.3 is 0 Å². The fraction of sp³-hybridized carbons (Fsp3) is 0.400. The van der Waals surface area contributed by atoms with E-state index in [1.165, 1.54) is 12.0 Å². The number of nitrogens with zero attached hydrogens (tertiary/aromatic N) is 1. The summed E-state index contributed by atoms with van der Waals surface area (Å²) in [6.07, 6.45) is -0.230. The first-order chi connectivity index (χ1) is 15.8. The van der Waals surface area contributed by atoms with E-state index in [1.807, 2.05) is 37.3 Å². The van der Waals surface area contributed by atoms with Crippen LogP contribution >= 0.6 is 0 Å². The van der Waals surface area contributed by atoms with E-state index in [2.05, 4.69) is 10.6 Å². The number of aliphatic hydroxyl groups excluding tert-OH is 1. The second-order valence-corrected chi connectivity index (χ2v) is 8.94. The topological polar surface area (TPSA) is 108 Å². The zero-order chi connectivity index (χ0) is 23.5. The van der Waals surface area contributed by atoms with E-state index in [0.29, 0.717) is 29.0 Å². The quantitative estimate of drug-likeness (QED) is 0.598. The third-order valence-corrected chi connectivity index (χ3v) is 7.28.